The second-order valence-electron chi connectivity index (χ2n) is 32.5. The van der Waals surface area contributed by atoms with Crippen molar-refractivity contribution in [2.75, 3.05) is 0 Å². The quantitative estimate of drug-likeness (QED) is 0.0208. The Morgan fingerprint density at radius 3 is 1.31 bits per heavy atom. The van der Waals surface area contributed by atoms with E-state index in [4.69, 9.17) is 47.4 Å². The molecule has 6 aromatic carbocycles. The van der Waals surface area contributed by atoms with Crippen molar-refractivity contribution in [1.82, 2.24) is 0 Å². The van der Waals surface area contributed by atoms with Gasteiger partial charge in [-0.05, 0) is 226 Å². The fourth-order valence-electron chi connectivity index (χ4n) is 16.3. The Hall–Kier alpha value is -7.96. The maximum absolute atomic E-state index is 15.1. The van der Waals surface area contributed by atoms with Crippen molar-refractivity contribution in [3.8, 4) is 11.5 Å². The molecule has 0 aliphatic carbocycles. The molecule has 16 nitrogen and oxygen atoms in total. The predicted octanol–water partition coefficient (Wildman–Crippen LogP) is 20.2. The van der Waals surface area contributed by atoms with E-state index < -0.39 is 53.3 Å². The van der Waals surface area contributed by atoms with Crippen LogP contribution in [-0.2, 0) is 89.8 Å². The van der Waals surface area contributed by atoms with Crippen LogP contribution in [0.2, 0.25) is 0 Å². The zero-order chi connectivity index (χ0) is 77.8. The van der Waals surface area contributed by atoms with Crippen LogP contribution < -0.4 is 0 Å². The van der Waals surface area contributed by atoms with Gasteiger partial charge in [-0.3, -0.25) is 9.59 Å². The Morgan fingerprint density at radius 2 is 0.855 bits per heavy atom. The number of esters is 4. The van der Waals surface area contributed by atoms with Gasteiger partial charge in [0.25, 0.3) is 0 Å². The predicted molar refractivity (Wildman–Crippen MR) is 428 cm³/mol. The van der Waals surface area contributed by atoms with Crippen LogP contribution in [0, 0.1) is 22.7 Å². The summed E-state index contributed by atoms with van der Waals surface area (Å²) < 4.78 is 66.3. The van der Waals surface area contributed by atoms with Crippen molar-refractivity contribution in [3.05, 3.63) is 221 Å². The molecule has 4 saturated heterocycles. The molecule has 0 saturated carbocycles. The summed E-state index contributed by atoms with van der Waals surface area (Å²) in [6.45, 7) is 20.8. The summed E-state index contributed by atoms with van der Waals surface area (Å²) in [6.07, 6.45) is 17.9. The lowest BCUT2D eigenvalue weighted by atomic mass is 9.81. The molecule has 110 heavy (non-hydrogen) atoms. The van der Waals surface area contributed by atoms with Gasteiger partial charge in [-0.15, -0.1) is 6.58 Å². The van der Waals surface area contributed by atoms with Crippen molar-refractivity contribution in [2.45, 2.75) is 295 Å². The third kappa shape index (κ3) is 25.3. The van der Waals surface area contributed by atoms with E-state index in [2.05, 4.69) is 27.0 Å². The number of rotatable bonds is 41. The molecule has 4 aliphatic rings. The highest BCUT2D eigenvalue weighted by Gasteiger charge is 2.45. The highest BCUT2D eigenvalue weighted by atomic mass is 16.6. The highest BCUT2D eigenvalue weighted by Crippen LogP contribution is 2.41. The van der Waals surface area contributed by atoms with Gasteiger partial charge in [0.2, 0.25) is 0 Å². The van der Waals surface area contributed by atoms with E-state index in [1.54, 1.807) is 30.3 Å². The lowest BCUT2D eigenvalue weighted by Crippen LogP contribution is -2.45. The Balaban J connectivity index is 0.803. The standard InChI is InChI=1S/C94H122O16/c1-9-30-73-43-26-45-75(105-73)55-53-66(4)84(60-80(102-62-68-33-17-12-18-34-68)58-78-48-29-52-86(108-78)94(7,8)92(100)104-64-70-37-21-14-22-38-70)110-90(98)88-72(41-25-50-82(88)96)40-23-42-74-44-27-46-76(106-74)56-54-65(3)83(109-89(97)87-71(10-2)39-24-49-81(87)95)59-79(101-61-67-31-15-11-16-32-67)57-77-47-28-51-85(107-77)93(5,6)91(99)103-63-69-35-19-13-20-36-69/h9-22,24-25,31-39,41,49-50,65-66,73-80,83-86,95-96H,1-2,23,26-30,40,42-48,51-64H2,3-8H3/t65-,66-,73-,74-,75-,76-,77-,78-,79-,80-,83+,84+,85+,86+/m0/s1. The zero-order valence-electron chi connectivity index (χ0n) is 66.1. The minimum Gasteiger partial charge on any atom is -0.507 e. The minimum absolute atomic E-state index is 0.0456. The molecule has 2 N–H and O–H groups in total. The molecule has 4 heterocycles. The Bertz CT molecular complexity index is 3800. The smallest absolute Gasteiger partial charge is 0.342 e. The molecular weight excluding hydrogens is 1390 g/mol. The number of hydrogen-bond acceptors (Lipinski definition) is 16. The summed E-state index contributed by atoms with van der Waals surface area (Å²) in [6, 6.07) is 49.5. The molecule has 0 aromatic heterocycles. The average Bonchev–Trinajstić information content (AvgIpc) is 0.813. The summed E-state index contributed by atoms with van der Waals surface area (Å²) in [5, 5.41) is 22.9. The average molecular weight is 1510 g/mol. The Labute approximate surface area is 654 Å². The number of aromatic hydroxyl groups is 2. The fourth-order valence-corrected chi connectivity index (χ4v) is 16.3. The van der Waals surface area contributed by atoms with Gasteiger partial charge in [-0.25, -0.2) is 9.59 Å². The number of hydrogen-bond donors (Lipinski definition) is 2. The van der Waals surface area contributed by atoms with Gasteiger partial charge in [-0.2, -0.15) is 0 Å². The molecule has 0 spiro atoms. The molecular formula is C94H122O16. The third-order valence-corrected chi connectivity index (χ3v) is 23.3. The number of phenols is 2. The second kappa shape index (κ2) is 42.6. The van der Waals surface area contributed by atoms with Gasteiger partial charge in [0, 0.05) is 12.8 Å². The number of ether oxygens (including phenoxy) is 10. The van der Waals surface area contributed by atoms with E-state index in [0.717, 1.165) is 112 Å². The summed E-state index contributed by atoms with van der Waals surface area (Å²) >= 11 is 0. The second-order valence-corrected chi connectivity index (χ2v) is 32.5. The van der Waals surface area contributed by atoms with Crippen LogP contribution in [0.25, 0.3) is 6.08 Å². The van der Waals surface area contributed by atoms with Crippen molar-refractivity contribution < 1.29 is 76.8 Å². The molecule has 4 fully saturated rings. The summed E-state index contributed by atoms with van der Waals surface area (Å²) in [5.41, 5.74) is 3.37. The van der Waals surface area contributed by atoms with Crippen molar-refractivity contribution in [3.63, 3.8) is 0 Å². The number of phenolic OH excluding ortho intramolecular Hbond substituents is 2. The SMILES string of the molecule is C=CC[C@H]1CCC[C@@H](CC[C@H](C)[C@@H](C[C@H](C[C@@H]2CCC[C@H](C(C)(C)C(=O)OCc3ccccc3)O2)OCc2ccccc2)OC(=O)c2c(O)cccc2CCC[C@H]2CCC[C@@H](CC[C@H](C)[C@@H](C[C@H](C[C@@H]3CCC[C@H](C(C)(C)C(=O)OCc4ccccc4)O3)OCc3ccccc3)OC(=O)c3c(O)cccc3C=C)O2)O1. The van der Waals surface area contributed by atoms with Crippen LogP contribution in [-0.4, -0.2) is 107 Å². The zero-order valence-corrected chi connectivity index (χ0v) is 66.1. The lowest BCUT2D eigenvalue weighted by molar-refractivity contribution is -0.176. The first kappa shape index (κ1) is 84.5. The molecule has 0 bridgehead atoms. The van der Waals surface area contributed by atoms with Gasteiger partial charge in [0.15, 0.2) is 0 Å². The monoisotopic (exact) mass is 1510 g/mol. The summed E-state index contributed by atoms with van der Waals surface area (Å²) in [5.74, 6) is -2.50. The normalized spacial score (nSPS) is 22.1. The van der Waals surface area contributed by atoms with E-state index in [-0.39, 0.29) is 102 Å². The first-order valence-electron chi connectivity index (χ1n) is 40.9. The van der Waals surface area contributed by atoms with Crippen molar-refractivity contribution in [1.29, 1.82) is 0 Å². The van der Waals surface area contributed by atoms with Gasteiger partial charge in [0.05, 0.1) is 85.1 Å². The summed E-state index contributed by atoms with van der Waals surface area (Å²) in [7, 11) is 0. The summed E-state index contributed by atoms with van der Waals surface area (Å²) in [4.78, 5) is 57.2. The first-order valence-corrected chi connectivity index (χ1v) is 40.9. The van der Waals surface area contributed by atoms with Crippen molar-refractivity contribution >= 4 is 30.0 Å². The molecule has 14 atom stereocenters. The first-order chi connectivity index (χ1) is 53.2. The topological polar surface area (TPSA) is 201 Å². The fraction of sp³-hybridized carbons (Fsp3) is 0.532. The van der Waals surface area contributed by atoms with Crippen LogP contribution in [0.4, 0.5) is 0 Å². The highest BCUT2D eigenvalue weighted by molar-refractivity contribution is 5.96. The van der Waals surface area contributed by atoms with Crippen LogP contribution in [0.1, 0.15) is 243 Å². The van der Waals surface area contributed by atoms with E-state index in [0.29, 0.717) is 88.5 Å². The van der Waals surface area contributed by atoms with Gasteiger partial charge < -0.3 is 57.6 Å². The molecule has 6 aromatic rings. The van der Waals surface area contributed by atoms with Gasteiger partial charge in [0.1, 0.15) is 48.0 Å². The number of aryl methyl sites for hydroxylation is 1. The van der Waals surface area contributed by atoms with Crippen LogP contribution in [0.15, 0.2) is 177 Å². The van der Waals surface area contributed by atoms with Gasteiger partial charge >= 0.3 is 23.9 Å². The Morgan fingerprint density at radius 1 is 0.464 bits per heavy atom. The maximum Gasteiger partial charge on any atom is 0.342 e. The number of benzene rings is 6. The third-order valence-electron chi connectivity index (χ3n) is 23.3. The lowest BCUT2D eigenvalue weighted by Gasteiger charge is -2.40. The molecule has 10 rings (SSSR count). The molecule has 16 heteroatoms. The molecule has 0 radical (unpaired) electrons. The van der Waals surface area contributed by atoms with E-state index in [9.17, 15) is 24.6 Å². The largest absolute Gasteiger partial charge is 0.507 e. The molecule has 0 unspecified atom stereocenters. The Kier molecular flexibility index (Phi) is 32.7. The van der Waals surface area contributed by atoms with Crippen LogP contribution >= 0.6 is 0 Å². The minimum atomic E-state index is -0.925. The van der Waals surface area contributed by atoms with E-state index >= 15 is 4.79 Å². The molecule has 0 amide bonds. The molecule has 4 aliphatic heterocycles. The molecule has 594 valence electrons. The number of carbonyl (C=O) groups is 4. The van der Waals surface area contributed by atoms with Crippen molar-refractivity contribution in [2.24, 2.45) is 22.7 Å². The van der Waals surface area contributed by atoms with E-state index in [1.165, 1.54) is 6.07 Å². The van der Waals surface area contributed by atoms with E-state index in [1.807, 2.05) is 161 Å². The van der Waals surface area contributed by atoms with Crippen LogP contribution in [0.3, 0.4) is 0 Å². The van der Waals surface area contributed by atoms with Gasteiger partial charge in [-0.1, -0.05) is 178 Å². The maximum atomic E-state index is 15.1. The number of carbonyl (C=O) groups excluding carboxylic acids is 4. The van der Waals surface area contributed by atoms with Crippen LogP contribution in [0.5, 0.6) is 11.5 Å².